The van der Waals surface area contributed by atoms with Gasteiger partial charge < -0.3 is 20.3 Å². The molecule has 7 heteroatoms. The number of nitrogens with one attached hydrogen (secondary N) is 2. The highest BCUT2D eigenvalue weighted by atomic mass is 16.6. The largest absolute Gasteiger partial charge is 0.444 e. The monoisotopic (exact) mass is 587 g/mol. The van der Waals surface area contributed by atoms with E-state index in [-0.39, 0.29) is 11.8 Å². The fourth-order valence-electron chi connectivity index (χ4n) is 5.22. The van der Waals surface area contributed by atoms with Crippen molar-refractivity contribution in [3.05, 3.63) is 77.4 Å². The number of rotatable bonds is 13. The van der Waals surface area contributed by atoms with E-state index in [4.69, 9.17) is 4.74 Å². The van der Waals surface area contributed by atoms with Crippen LogP contribution in [0.3, 0.4) is 0 Å². The molecule has 0 aliphatic carbocycles. The number of ether oxygens (including phenoxy) is 1. The maximum absolute atomic E-state index is 14.2. The molecule has 0 radical (unpaired) electrons. The maximum Gasteiger partial charge on any atom is 0.408 e. The summed E-state index contributed by atoms with van der Waals surface area (Å²) >= 11 is 0. The molecule has 0 bridgehead atoms. The Bertz CT molecular complexity index is 1390. The van der Waals surface area contributed by atoms with Gasteiger partial charge in [-0.3, -0.25) is 9.59 Å². The molecule has 2 N–H and O–H groups in total. The number of carbonyl (C=O) groups is 3. The van der Waals surface area contributed by atoms with Gasteiger partial charge in [-0.05, 0) is 87.6 Å². The highest BCUT2D eigenvalue weighted by molar-refractivity contribution is 6.00. The van der Waals surface area contributed by atoms with Crippen LogP contribution in [0, 0.1) is 13.8 Å². The third kappa shape index (κ3) is 9.84. The second-order valence-electron chi connectivity index (χ2n) is 12.4. The van der Waals surface area contributed by atoms with E-state index in [0.29, 0.717) is 12.2 Å². The molecular formula is C36H49N3O4. The summed E-state index contributed by atoms with van der Waals surface area (Å²) in [6, 6.07) is 17.8. The van der Waals surface area contributed by atoms with E-state index in [1.807, 2.05) is 74.5 Å². The van der Waals surface area contributed by atoms with Gasteiger partial charge in [0, 0.05) is 12.2 Å². The Balaban J connectivity index is 1.98. The number of hydrogen-bond acceptors (Lipinski definition) is 4. The van der Waals surface area contributed by atoms with Gasteiger partial charge in [0.2, 0.25) is 5.91 Å². The zero-order valence-corrected chi connectivity index (χ0v) is 27.0. The van der Waals surface area contributed by atoms with Gasteiger partial charge in [-0.1, -0.05) is 87.6 Å². The van der Waals surface area contributed by atoms with Crippen molar-refractivity contribution in [3.8, 4) is 0 Å². The number of carbonyl (C=O) groups excluding carboxylic acids is 3. The fourth-order valence-corrected chi connectivity index (χ4v) is 5.22. The third-order valence-corrected chi connectivity index (χ3v) is 7.66. The molecule has 0 heterocycles. The van der Waals surface area contributed by atoms with Crippen molar-refractivity contribution in [2.75, 3.05) is 11.9 Å². The van der Waals surface area contributed by atoms with Crippen LogP contribution >= 0.6 is 0 Å². The van der Waals surface area contributed by atoms with Crippen LogP contribution < -0.4 is 10.6 Å². The number of aryl methyl sites for hydroxylation is 1. The molecule has 0 aromatic heterocycles. The van der Waals surface area contributed by atoms with Crippen molar-refractivity contribution in [2.45, 2.75) is 105 Å². The number of nitrogens with zero attached hydrogens (tertiary/aromatic N) is 1. The van der Waals surface area contributed by atoms with Crippen molar-refractivity contribution in [1.82, 2.24) is 10.2 Å². The number of anilines is 1. The molecule has 2 unspecified atom stereocenters. The van der Waals surface area contributed by atoms with E-state index >= 15 is 0 Å². The molecule has 0 aliphatic rings. The number of hydrogen-bond donors (Lipinski definition) is 2. The first-order valence-electron chi connectivity index (χ1n) is 15.6. The van der Waals surface area contributed by atoms with Gasteiger partial charge in [0.15, 0.2) is 0 Å². The second kappa shape index (κ2) is 15.6. The standard InChI is InChI=1S/C36H49N3O4/c1-8-9-10-11-12-15-23-39(34(41)27(4)37-35(42)43-36(5,6)7)32(31-20-16-17-25(2)26(31)3)33(40)38-30-22-21-28-18-13-14-19-29(28)24-30/h13-14,16-22,24,27,32H,8-12,15,23H2,1-7H3,(H,37,42)(H,38,40). The SMILES string of the molecule is CCCCCCCCN(C(=O)C(C)NC(=O)OC(C)(C)C)C(C(=O)Nc1ccc2ccccc2c1)c1cccc(C)c1C. The van der Waals surface area contributed by atoms with Gasteiger partial charge in [-0.15, -0.1) is 0 Å². The minimum absolute atomic E-state index is 0.298. The molecular weight excluding hydrogens is 538 g/mol. The summed E-state index contributed by atoms with van der Waals surface area (Å²) in [6.45, 7) is 13.5. The van der Waals surface area contributed by atoms with Crippen molar-refractivity contribution in [1.29, 1.82) is 0 Å². The van der Waals surface area contributed by atoms with Gasteiger partial charge in [-0.25, -0.2) is 4.79 Å². The highest BCUT2D eigenvalue weighted by Gasteiger charge is 2.35. The Morgan fingerprint density at radius 2 is 1.53 bits per heavy atom. The van der Waals surface area contributed by atoms with Gasteiger partial charge in [0.25, 0.3) is 5.91 Å². The average Bonchev–Trinajstić information content (AvgIpc) is 2.94. The lowest BCUT2D eigenvalue weighted by atomic mass is 9.94. The van der Waals surface area contributed by atoms with Crippen molar-refractivity contribution in [3.63, 3.8) is 0 Å². The lowest BCUT2D eigenvalue weighted by Gasteiger charge is -2.34. The molecule has 3 amide bonds. The highest BCUT2D eigenvalue weighted by Crippen LogP contribution is 2.30. The topological polar surface area (TPSA) is 87.7 Å². The van der Waals surface area contributed by atoms with E-state index in [1.54, 1.807) is 32.6 Å². The summed E-state index contributed by atoms with van der Waals surface area (Å²) in [7, 11) is 0. The van der Waals surface area contributed by atoms with E-state index in [1.165, 1.54) is 6.42 Å². The minimum atomic E-state index is -0.893. The third-order valence-electron chi connectivity index (χ3n) is 7.66. The molecule has 3 aromatic carbocycles. The zero-order chi connectivity index (χ0) is 31.6. The lowest BCUT2D eigenvalue weighted by molar-refractivity contribution is -0.140. The summed E-state index contributed by atoms with van der Waals surface area (Å²) in [5.41, 5.74) is 2.71. The number of benzene rings is 3. The summed E-state index contributed by atoms with van der Waals surface area (Å²) in [6.07, 6.45) is 5.57. The first kappa shape index (κ1) is 33.6. The number of amides is 3. The average molecular weight is 588 g/mol. The summed E-state index contributed by atoms with van der Waals surface area (Å²) < 4.78 is 5.42. The number of unbranched alkanes of at least 4 members (excludes halogenated alkanes) is 5. The van der Waals surface area contributed by atoms with Crippen molar-refractivity contribution >= 4 is 34.4 Å². The Morgan fingerprint density at radius 1 is 0.860 bits per heavy atom. The predicted octanol–water partition coefficient (Wildman–Crippen LogP) is 8.24. The predicted molar refractivity (Wildman–Crippen MR) is 175 cm³/mol. The molecule has 3 aromatic rings. The summed E-state index contributed by atoms with van der Waals surface area (Å²) in [5.74, 6) is -0.633. The molecule has 3 rings (SSSR count). The van der Waals surface area contributed by atoms with Crippen molar-refractivity contribution < 1.29 is 19.1 Å². The van der Waals surface area contributed by atoms with Gasteiger partial charge >= 0.3 is 6.09 Å². The van der Waals surface area contributed by atoms with Gasteiger partial charge in [-0.2, -0.15) is 0 Å². The van der Waals surface area contributed by atoms with E-state index < -0.39 is 23.8 Å². The van der Waals surface area contributed by atoms with Crippen LogP contribution in [0.1, 0.15) is 95.9 Å². The first-order chi connectivity index (χ1) is 20.4. The quantitative estimate of drug-likeness (QED) is 0.197. The lowest BCUT2D eigenvalue weighted by Crippen LogP contribution is -2.51. The van der Waals surface area contributed by atoms with E-state index in [2.05, 4.69) is 17.6 Å². The Kier molecular flexibility index (Phi) is 12.2. The molecule has 7 nitrogen and oxygen atoms in total. The molecule has 0 spiro atoms. The van der Waals surface area contributed by atoms with Crippen LogP contribution in [0.25, 0.3) is 10.8 Å². The second-order valence-corrected chi connectivity index (χ2v) is 12.4. The van der Waals surface area contributed by atoms with Gasteiger partial charge in [0.1, 0.15) is 17.7 Å². The Labute approximate surface area is 257 Å². The van der Waals surface area contributed by atoms with Crippen LogP contribution in [0.4, 0.5) is 10.5 Å². The van der Waals surface area contributed by atoms with Crippen LogP contribution in [0.15, 0.2) is 60.7 Å². The van der Waals surface area contributed by atoms with Crippen LogP contribution in [-0.2, 0) is 14.3 Å². The Hall–Kier alpha value is -3.87. The maximum atomic E-state index is 14.2. The Morgan fingerprint density at radius 3 is 2.23 bits per heavy atom. The zero-order valence-electron chi connectivity index (χ0n) is 27.0. The van der Waals surface area contributed by atoms with Crippen LogP contribution in [-0.4, -0.2) is 41.0 Å². The van der Waals surface area contributed by atoms with E-state index in [9.17, 15) is 14.4 Å². The van der Waals surface area contributed by atoms with Crippen LogP contribution in [0.5, 0.6) is 0 Å². The van der Waals surface area contributed by atoms with Crippen molar-refractivity contribution in [2.24, 2.45) is 0 Å². The molecule has 43 heavy (non-hydrogen) atoms. The fraction of sp³-hybridized carbons (Fsp3) is 0.472. The molecule has 0 fully saturated rings. The number of fused-ring (bicyclic) bond motifs is 1. The molecule has 232 valence electrons. The van der Waals surface area contributed by atoms with Crippen LogP contribution in [0.2, 0.25) is 0 Å². The molecule has 0 aliphatic heterocycles. The smallest absolute Gasteiger partial charge is 0.408 e. The summed E-state index contributed by atoms with van der Waals surface area (Å²) in [4.78, 5) is 42.6. The summed E-state index contributed by atoms with van der Waals surface area (Å²) in [5, 5.41) is 7.88. The minimum Gasteiger partial charge on any atom is -0.444 e. The van der Waals surface area contributed by atoms with E-state index in [0.717, 1.165) is 59.6 Å². The first-order valence-corrected chi connectivity index (χ1v) is 15.6. The van der Waals surface area contributed by atoms with Gasteiger partial charge in [0.05, 0.1) is 0 Å². The molecule has 0 saturated carbocycles. The molecule has 2 atom stereocenters. The molecule has 0 saturated heterocycles. The normalized spacial score (nSPS) is 12.8. The number of alkyl carbamates (subject to hydrolysis) is 1.